The summed E-state index contributed by atoms with van der Waals surface area (Å²) in [5.41, 5.74) is 6.42. The molecule has 3 amide bonds. The number of ether oxygens (including phenoxy) is 1. The highest BCUT2D eigenvalue weighted by Gasteiger charge is 2.33. The molecule has 1 saturated heterocycles. The van der Waals surface area contributed by atoms with Gasteiger partial charge >= 0.3 is 6.03 Å². The van der Waals surface area contributed by atoms with E-state index in [9.17, 15) is 22.8 Å². The minimum atomic E-state index is -4.16. The number of morpholine rings is 1. The van der Waals surface area contributed by atoms with Crippen LogP contribution in [0.1, 0.15) is 24.8 Å². The fourth-order valence-electron chi connectivity index (χ4n) is 4.17. The summed E-state index contributed by atoms with van der Waals surface area (Å²) in [4.78, 5) is 40.8. The second kappa shape index (κ2) is 14.6. The Bertz CT molecular complexity index is 1230. The Morgan fingerprint density at radius 2 is 1.54 bits per heavy atom. The molecule has 0 bridgehead atoms. The van der Waals surface area contributed by atoms with Crippen molar-refractivity contribution < 1.29 is 27.5 Å². The molecule has 2 atom stereocenters. The number of nitrogens with two attached hydrogens (primary N) is 1. The molecule has 2 aromatic rings. The molecule has 2 unspecified atom stereocenters. The van der Waals surface area contributed by atoms with Gasteiger partial charge in [0.15, 0.2) is 5.78 Å². The largest absolute Gasteiger partial charge is 0.378 e. The van der Waals surface area contributed by atoms with Gasteiger partial charge in [0.05, 0.1) is 24.2 Å². The maximum Gasteiger partial charge on any atom is 0.318 e. The second-order valence-corrected chi connectivity index (χ2v) is 11.2. The van der Waals surface area contributed by atoms with Crippen LogP contribution in [-0.2, 0) is 30.6 Å². The lowest BCUT2D eigenvalue weighted by molar-refractivity contribution is -0.127. The van der Waals surface area contributed by atoms with Crippen LogP contribution in [0, 0.1) is 0 Å². The molecule has 3 rings (SSSR count). The molecule has 1 fully saturated rings. The molecule has 0 spiro atoms. The number of rotatable bonds is 13. The number of unbranched alkanes of at least 4 members (excludes halogenated alkanes) is 1. The summed E-state index contributed by atoms with van der Waals surface area (Å²) in [7, 11) is -4.16. The maximum atomic E-state index is 13.5. The number of benzene rings is 2. The van der Waals surface area contributed by atoms with Gasteiger partial charge in [-0.25, -0.2) is 13.2 Å². The van der Waals surface area contributed by atoms with Crippen LogP contribution in [0.25, 0.3) is 0 Å². The normalized spacial score (nSPS) is 15.2. The highest BCUT2D eigenvalue weighted by Crippen LogP contribution is 2.21. The molecule has 0 aliphatic carbocycles. The van der Waals surface area contributed by atoms with Crippen molar-refractivity contribution in [3.05, 3.63) is 77.7 Å². The van der Waals surface area contributed by atoms with Gasteiger partial charge in [-0.15, -0.1) is 0 Å². The second-order valence-electron chi connectivity index (χ2n) is 9.24. The standard InChI is InChI=1S/C28H36N4O6S/c1-21(39(36,37)23-12-6-3-7-13-23)26(33)24(14-8-9-15-29)30-27(34)25(20-22-10-4-2-5-11-22)31-28(35)32-16-18-38-19-17-32/h2-7,10-13,24-25H,1,8-9,14-20,29H2,(H,30,34)(H,31,35). The quantitative estimate of drug-likeness (QED) is 0.252. The van der Waals surface area contributed by atoms with E-state index >= 15 is 0 Å². The molecule has 0 saturated carbocycles. The smallest absolute Gasteiger partial charge is 0.318 e. The number of amides is 3. The van der Waals surface area contributed by atoms with Crippen molar-refractivity contribution in [2.45, 2.75) is 42.7 Å². The first-order chi connectivity index (χ1) is 18.7. The van der Waals surface area contributed by atoms with Gasteiger partial charge in [-0.05, 0) is 43.5 Å². The van der Waals surface area contributed by atoms with Crippen LogP contribution in [0.15, 0.2) is 77.0 Å². The minimum absolute atomic E-state index is 0.0601. The van der Waals surface area contributed by atoms with E-state index in [0.29, 0.717) is 45.7 Å². The Labute approximate surface area is 229 Å². The number of hydrogen-bond acceptors (Lipinski definition) is 7. The van der Waals surface area contributed by atoms with Crippen molar-refractivity contribution in [2.24, 2.45) is 5.73 Å². The van der Waals surface area contributed by atoms with E-state index in [4.69, 9.17) is 10.5 Å². The van der Waals surface area contributed by atoms with Crippen LogP contribution in [-0.4, -0.2) is 76.0 Å². The molecule has 0 radical (unpaired) electrons. The summed E-state index contributed by atoms with van der Waals surface area (Å²) in [6.45, 7) is 5.55. The number of urea groups is 1. The predicted molar refractivity (Wildman–Crippen MR) is 147 cm³/mol. The number of ketones is 1. The van der Waals surface area contributed by atoms with Crippen molar-refractivity contribution in [3.63, 3.8) is 0 Å². The summed E-state index contributed by atoms with van der Waals surface area (Å²) < 4.78 is 31.4. The van der Waals surface area contributed by atoms with Crippen molar-refractivity contribution in [3.8, 4) is 0 Å². The number of carbonyl (C=O) groups is 3. The van der Waals surface area contributed by atoms with Crippen molar-refractivity contribution >= 4 is 27.6 Å². The molecule has 1 heterocycles. The van der Waals surface area contributed by atoms with E-state index in [0.717, 1.165) is 5.56 Å². The predicted octanol–water partition coefficient (Wildman–Crippen LogP) is 1.81. The first-order valence-corrected chi connectivity index (χ1v) is 14.4. The van der Waals surface area contributed by atoms with Gasteiger partial charge in [-0.3, -0.25) is 9.59 Å². The molecular formula is C28H36N4O6S. The number of nitrogens with one attached hydrogen (secondary N) is 2. The first kappa shape index (κ1) is 30.0. The van der Waals surface area contributed by atoms with Crippen molar-refractivity contribution in [1.29, 1.82) is 0 Å². The molecule has 210 valence electrons. The zero-order valence-electron chi connectivity index (χ0n) is 21.9. The lowest BCUT2D eigenvalue weighted by atomic mass is 10.0. The summed E-state index contributed by atoms with van der Waals surface area (Å²) >= 11 is 0. The average Bonchev–Trinajstić information content (AvgIpc) is 2.97. The van der Waals surface area contributed by atoms with Crippen LogP contribution in [0.3, 0.4) is 0 Å². The maximum absolute atomic E-state index is 13.5. The Balaban J connectivity index is 1.81. The molecule has 39 heavy (non-hydrogen) atoms. The van der Waals surface area contributed by atoms with Gasteiger partial charge in [0.2, 0.25) is 15.7 Å². The van der Waals surface area contributed by atoms with Crippen LogP contribution in [0.5, 0.6) is 0 Å². The van der Waals surface area contributed by atoms with Crippen molar-refractivity contribution in [1.82, 2.24) is 15.5 Å². The third-order valence-corrected chi connectivity index (χ3v) is 8.17. The zero-order valence-corrected chi connectivity index (χ0v) is 22.7. The third kappa shape index (κ3) is 8.47. The number of nitrogens with zero attached hydrogens (tertiary/aromatic N) is 1. The first-order valence-electron chi connectivity index (χ1n) is 12.9. The third-order valence-electron chi connectivity index (χ3n) is 6.43. The zero-order chi connectivity index (χ0) is 28.3. The van der Waals surface area contributed by atoms with E-state index in [1.807, 2.05) is 30.3 Å². The number of Topliss-reactive ketones (excluding diaryl/α,β-unsaturated/α-hetero) is 1. The Kier molecular flexibility index (Phi) is 11.2. The number of hydrogen-bond donors (Lipinski definition) is 3. The Hall–Kier alpha value is -3.54. The van der Waals surface area contributed by atoms with Gasteiger partial charge in [-0.2, -0.15) is 0 Å². The molecule has 2 aromatic carbocycles. The van der Waals surface area contributed by atoms with Gasteiger partial charge in [0.1, 0.15) is 10.9 Å². The number of carbonyl (C=O) groups excluding carboxylic acids is 3. The molecule has 11 heteroatoms. The van der Waals surface area contributed by atoms with Crippen LogP contribution >= 0.6 is 0 Å². The summed E-state index contributed by atoms with van der Waals surface area (Å²) in [5, 5.41) is 5.48. The Morgan fingerprint density at radius 3 is 2.15 bits per heavy atom. The summed E-state index contributed by atoms with van der Waals surface area (Å²) in [6.07, 6.45) is 1.41. The van der Waals surface area contributed by atoms with Gasteiger partial charge < -0.3 is 26.0 Å². The number of sulfone groups is 1. The summed E-state index contributed by atoms with van der Waals surface area (Å²) in [5.74, 6) is -1.40. The van der Waals surface area contributed by atoms with Gasteiger partial charge in [-0.1, -0.05) is 55.1 Å². The highest BCUT2D eigenvalue weighted by atomic mass is 32.2. The minimum Gasteiger partial charge on any atom is -0.378 e. The average molecular weight is 557 g/mol. The van der Waals surface area contributed by atoms with Crippen LogP contribution in [0.4, 0.5) is 4.79 Å². The summed E-state index contributed by atoms with van der Waals surface area (Å²) in [6, 6.07) is 14.1. The van der Waals surface area contributed by atoms with Crippen LogP contribution < -0.4 is 16.4 Å². The van der Waals surface area contributed by atoms with E-state index < -0.39 is 44.5 Å². The van der Waals surface area contributed by atoms with Crippen molar-refractivity contribution in [2.75, 3.05) is 32.8 Å². The van der Waals surface area contributed by atoms with E-state index in [1.54, 1.807) is 23.1 Å². The Morgan fingerprint density at radius 1 is 0.923 bits per heavy atom. The SMILES string of the molecule is C=C(C(=O)C(CCCCN)NC(=O)C(Cc1ccccc1)NC(=O)N1CCOCC1)S(=O)(=O)c1ccccc1. The molecular weight excluding hydrogens is 520 g/mol. The molecule has 1 aliphatic rings. The topological polar surface area (TPSA) is 148 Å². The fraction of sp³-hybridized carbons (Fsp3) is 0.393. The lowest BCUT2D eigenvalue weighted by Gasteiger charge is -2.29. The molecule has 1 aliphatic heterocycles. The fourth-order valence-corrected chi connectivity index (χ4v) is 5.38. The molecule has 10 nitrogen and oxygen atoms in total. The van der Waals surface area contributed by atoms with Gasteiger partial charge in [0.25, 0.3) is 0 Å². The van der Waals surface area contributed by atoms with E-state index in [2.05, 4.69) is 17.2 Å². The monoisotopic (exact) mass is 556 g/mol. The molecule has 0 aromatic heterocycles. The van der Waals surface area contributed by atoms with Crippen LogP contribution in [0.2, 0.25) is 0 Å². The molecule has 4 N–H and O–H groups in total. The highest BCUT2D eigenvalue weighted by molar-refractivity contribution is 7.96. The van der Waals surface area contributed by atoms with Gasteiger partial charge in [0, 0.05) is 19.5 Å². The lowest BCUT2D eigenvalue weighted by Crippen LogP contribution is -2.56. The van der Waals surface area contributed by atoms with E-state index in [1.165, 1.54) is 12.1 Å². The van der Waals surface area contributed by atoms with E-state index in [-0.39, 0.29) is 17.7 Å².